The molecule has 106 valence electrons. The van der Waals surface area contributed by atoms with E-state index in [0.29, 0.717) is 36.4 Å². The lowest BCUT2D eigenvalue weighted by Gasteiger charge is -2.24. The fourth-order valence-corrected chi connectivity index (χ4v) is 2.60. The van der Waals surface area contributed by atoms with Crippen LogP contribution in [0.4, 0.5) is 0 Å². The Kier molecular flexibility index (Phi) is 4.07. The highest BCUT2D eigenvalue weighted by Gasteiger charge is 2.30. The summed E-state index contributed by atoms with van der Waals surface area (Å²) in [4.78, 5) is 4.34. The standard InChI is InChI=1S/C13H12BrClN2O3/c14-9-5-7(1-2-10(9)15)12-16-13(20-17-12)8-6-19-4-3-11(8)18/h1-2,5,8,11,18H,3-4,6H2. The molecule has 7 heteroatoms. The van der Waals surface area contributed by atoms with E-state index in [0.717, 1.165) is 10.0 Å². The number of hydrogen-bond donors (Lipinski definition) is 1. The van der Waals surface area contributed by atoms with Gasteiger partial charge in [0.05, 0.1) is 23.7 Å². The smallest absolute Gasteiger partial charge is 0.235 e. The van der Waals surface area contributed by atoms with Crippen LogP contribution in [-0.4, -0.2) is 34.6 Å². The summed E-state index contributed by atoms with van der Waals surface area (Å²) in [6.07, 6.45) is 0.0727. The van der Waals surface area contributed by atoms with Crippen LogP contribution in [0.2, 0.25) is 5.02 Å². The molecule has 0 bridgehead atoms. The van der Waals surface area contributed by atoms with Crippen molar-refractivity contribution in [1.29, 1.82) is 0 Å². The van der Waals surface area contributed by atoms with Gasteiger partial charge in [0.25, 0.3) is 0 Å². The molecule has 1 aromatic heterocycles. The summed E-state index contributed by atoms with van der Waals surface area (Å²) in [5, 5.41) is 14.5. The lowest BCUT2D eigenvalue weighted by atomic mass is 9.99. The van der Waals surface area contributed by atoms with E-state index in [4.69, 9.17) is 20.9 Å². The molecule has 0 radical (unpaired) electrons. The Morgan fingerprint density at radius 1 is 1.40 bits per heavy atom. The molecule has 20 heavy (non-hydrogen) atoms. The normalized spacial score (nSPS) is 22.9. The van der Waals surface area contributed by atoms with E-state index in [2.05, 4.69) is 26.1 Å². The van der Waals surface area contributed by atoms with Gasteiger partial charge in [-0.2, -0.15) is 4.98 Å². The second kappa shape index (κ2) is 5.81. The van der Waals surface area contributed by atoms with E-state index >= 15 is 0 Å². The molecule has 1 aromatic carbocycles. The van der Waals surface area contributed by atoms with Gasteiger partial charge in [-0.25, -0.2) is 0 Å². The van der Waals surface area contributed by atoms with Crippen LogP contribution in [0.15, 0.2) is 27.2 Å². The third kappa shape index (κ3) is 2.74. The highest BCUT2D eigenvalue weighted by Crippen LogP contribution is 2.30. The topological polar surface area (TPSA) is 68.4 Å². The van der Waals surface area contributed by atoms with Crippen LogP contribution < -0.4 is 0 Å². The van der Waals surface area contributed by atoms with Crippen LogP contribution in [0, 0.1) is 0 Å². The fourth-order valence-electron chi connectivity index (χ4n) is 2.10. The predicted octanol–water partition coefficient (Wildman–Crippen LogP) is 3.02. The summed E-state index contributed by atoms with van der Waals surface area (Å²) < 4.78 is 11.4. The summed E-state index contributed by atoms with van der Waals surface area (Å²) in [6.45, 7) is 0.954. The first-order valence-electron chi connectivity index (χ1n) is 6.20. The van der Waals surface area contributed by atoms with Crippen molar-refractivity contribution in [3.8, 4) is 11.4 Å². The van der Waals surface area contributed by atoms with Crippen molar-refractivity contribution in [2.24, 2.45) is 0 Å². The molecule has 2 unspecified atom stereocenters. The van der Waals surface area contributed by atoms with Gasteiger partial charge < -0.3 is 14.4 Å². The van der Waals surface area contributed by atoms with Crippen molar-refractivity contribution in [3.63, 3.8) is 0 Å². The first kappa shape index (κ1) is 14.0. The Hall–Kier alpha value is -0.950. The van der Waals surface area contributed by atoms with Crippen molar-refractivity contribution >= 4 is 27.5 Å². The Labute approximate surface area is 129 Å². The number of ether oxygens (including phenoxy) is 1. The number of aliphatic hydroxyl groups excluding tert-OH is 1. The third-order valence-corrected chi connectivity index (χ3v) is 4.47. The molecule has 1 aliphatic rings. The Balaban J connectivity index is 1.87. The molecule has 0 saturated carbocycles. The van der Waals surface area contributed by atoms with E-state index < -0.39 is 6.10 Å². The zero-order valence-electron chi connectivity index (χ0n) is 10.4. The largest absolute Gasteiger partial charge is 0.392 e. The summed E-state index contributed by atoms with van der Waals surface area (Å²) in [6, 6.07) is 5.40. The average Bonchev–Trinajstić information content (AvgIpc) is 2.92. The Morgan fingerprint density at radius 2 is 2.25 bits per heavy atom. The number of rotatable bonds is 2. The highest BCUT2D eigenvalue weighted by atomic mass is 79.9. The molecule has 1 saturated heterocycles. The number of aromatic nitrogens is 2. The quantitative estimate of drug-likeness (QED) is 0.892. The van der Waals surface area contributed by atoms with Crippen molar-refractivity contribution in [2.45, 2.75) is 18.4 Å². The molecule has 5 nitrogen and oxygen atoms in total. The summed E-state index contributed by atoms with van der Waals surface area (Å²) >= 11 is 9.31. The zero-order chi connectivity index (χ0) is 14.1. The second-order valence-corrected chi connectivity index (χ2v) is 5.88. The number of halogens is 2. The average molecular weight is 360 g/mol. The monoisotopic (exact) mass is 358 g/mol. The summed E-state index contributed by atoms with van der Waals surface area (Å²) in [5.41, 5.74) is 0.794. The van der Waals surface area contributed by atoms with E-state index in [1.54, 1.807) is 6.07 Å². The lowest BCUT2D eigenvalue weighted by Crippen LogP contribution is -2.30. The summed E-state index contributed by atoms with van der Waals surface area (Å²) in [5.74, 6) is 0.606. The number of aliphatic hydroxyl groups is 1. The van der Waals surface area contributed by atoms with E-state index in [-0.39, 0.29) is 5.92 Å². The molecule has 3 rings (SSSR count). The van der Waals surface area contributed by atoms with Gasteiger partial charge in [-0.05, 0) is 40.5 Å². The SMILES string of the molecule is OC1CCOCC1c1nc(-c2ccc(Cl)c(Br)c2)no1. The van der Waals surface area contributed by atoms with Crippen LogP contribution in [0.1, 0.15) is 18.2 Å². The zero-order valence-corrected chi connectivity index (χ0v) is 12.8. The van der Waals surface area contributed by atoms with Crippen LogP contribution in [0.25, 0.3) is 11.4 Å². The molecule has 1 aliphatic heterocycles. The van der Waals surface area contributed by atoms with Gasteiger partial charge >= 0.3 is 0 Å². The maximum absolute atomic E-state index is 9.95. The Bertz CT molecular complexity index is 619. The molecule has 1 N–H and O–H groups in total. The van der Waals surface area contributed by atoms with E-state index in [1.807, 2.05) is 12.1 Å². The minimum Gasteiger partial charge on any atom is -0.392 e. The minimum atomic E-state index is -0.506. The van der Waals surface area contributed by atoms with E-state index in [1.165, 1.54) is 0 Å². The van der Waals surface area contributed by atoms with Gasteiger partial charge in [0.2, 0.25) is 11.7 Å². The summed E-state index contributed by atoms with van der Waals surface area (Å²) in [7, 11) is 0. The number of benzene rings is 1. The molecule has 0 aliphatic carbocycles. The van der Waals surface area contributed by atoms with Gasteiger partial charge in [-0.1, -0.05) is 16.8 Å². The number of hydrogen-bond acceptors (Lipinski definition) is 5. The molecule has 2 heterocycles. The predicted molar refractivity (Wildman–Crippen MR) is 76.6 cm³/mol. The van der Waals surface area contributed by atoms with Crippen LogP contribution in [0.3, 0.4) is 0 Å². The van der Waals surface area contributed by atoms with Gasteiger partial charge in [-0.3, -0.25) is 0 Å². The first-order chi connectivity index (χ1) is 9.65. The lowest BCUT2D eigenvalue weighted by molar-refractivity contribution is -0.0149. The van der Waals surface area contributed by atoms with Crippen molar-refractivity contribution in [3.05, 3.63) is 33.6 Å². The van der Waals surface area contributed by atoms with Gasteiger partial charge in [-0.15, -0.1) is 0 Å². The van der Waals surface area contributed by atoms with Gasteiger partial charge in [0, 0.05) is 16.6 Å². The molecule has 0 spiro atoms. The van der Waals surface area contributed by atoms with E-state index in [9.17, 15) is 5.11 Å². The maximum atomic E-state index is 9.95. The Morgan fingerprint density at radius 3 is 3.00 bits per heavy atom. The van der Waals surface area contributed by atoms with Gasteiger partial charge in [0.15, 0.2) is 0 Å². The molecular weight excluding hydrogens is 348 g/mol. The molecule has 0 amide bonds. The van der Waals surface area contributed by atoms with Crippen LogP contribution in [0.5, 0.6) is 0 Å². The van der Waals surface area contributed by atoms with Crippen molar-refractivity contribution in [1.82, 2.24) is 10.1 Å². The van der Waals surface area contributed by atoms with Gasteiger partial charge in [0.1, 0.15) is 0 Å². The van der Waals surface area contributed by atoms with Crippen LogP contribution in [-0.2, 0) is 4.74 Å². The van der Waals surface area contributed by atoms with Crippen molar-refractivity contribution in [2.75, 3.05) is 13.2 Å². The minimum absolute atomic E-state index is 0.263. The molecule has 2 atom stereocenters. The molecular formula is C13H12BrClN2O3. The third-order valence-electron chi connectivity index (χ3n) is 3.26. The molecule has 2 aromatic rings. The maximum Gasteiger partial charge on any atom is 0.235 e. The van der Waals surface area contributed by atoms with Crippen LogP contribution >= 0.6 is 27.5 Å². The number of nitrogens with zero attached hydrogens (tertiary/aromatic N) is 2. The first-order valence-corrected chi connectivity index (χ1v) is 7.37. The molecule has 1 fully saturated rings. The highest BCUT2D eigenvalue weighted by molar-refractivity contribution is 9.10. The van der Waals surface area contributed by atoms with Crippen molar-refractivity contribution < 1.29 is 14.4 Å². The second-order valence-electron chi connectivity index (χ2n) is 4.62. The fraction of sp³-hybridized carbons (Fsp3) is 0.385.